The first-order valence-electron chi connectivity index (χ1n) is 8.94. The maximum atomic E-state index is 12.9. The van der Waals surface area contributed by atoms with Crippen LogP contribution in [0.5, 0.6) is 0 Å². The van der Waals surface area contributed by atoms with Gasteiger partial charge in [0.15, 0.2) is 0 Å². The Morgan fingerprint density at radius 2 is 1.89 bits per heavy atom. The number of piperidine rings is 1. The fraction of sp³-hybridized carbons (Fsp3) is 0.350. The lowest BCUT2D eigenvalue weighted by Crippen LogP contribution is -2.44. The van der Waals surface area contributed by atoms with Crippen LogP contribution >= 0.6 is 11.6 Å². The standard InChI is InChI=1S/C20H23ClN2O3S/c1-15-5-2-3-6-17(15)14-27(25,26)23-12-4-7-16(13-23)20(24)22-19-10-8-18(21)9-11-19/h2-3,5-6,8-11,16H,4,7,12-14H2,1H3,(H,22,24). The molecule has 0 aliphatic carbocycles. The van der Waals surface area contributed by atoms with Gasteiger partial charge >= 0.3 is 0 Å². The average Bonchev–Trinajstić information content (AvgIpc) is 2.65. The average molecular weight is 407 g/mol. The molecule has 1 unspecified atom stereocenters. The molecule has 1 aliphatic rings. The van der Waals surface area contributed by atoms with Gasteiger partial charge in [0.1, 0.15) is 0 Å². The second-order valence-corrected chi connectivity index (χ2v) is 9.28. The van der Waals surface area contributed by atoms with Crippen molar-refractivity contribution >= 4 is 33.2 Å². The molecule has 1 saturated heterocycles. The number of amides is 1. The predicted molar refractivity (Wildman–Crippen MR) is 108 cm³/mol. The van der Waals surface area contributed by atoms with E-state index in [-0.39, 0.29) is 24.1 Å². The molecule has 0 aromatic heterocycles. The number of aryl methyl sites for hydroxylation is 1. The zero-order chi connectivity index (χ0) is 19.4. The van der Waals surface area contributed by atoms with Gasteiger partial charge in [0, 0.05) is 23.8 Å². The summed E-state index contributed by atoms with van der Waals surface area (Å²) in [6, 6.07) is 14.4. The van der Waals surface area contributed by atoms with Gasteiger partial charge in [-0.1, -0.05) is 35.9 Å². The third kappa shape index (κ3) is 5.09. The Kier molecular flexibility index (Phi) is 6.19. The number of nitrogens with zero attached hydrogens (tertiary/aromatic N) is 1. The van der Waals surface area contributed by atoms with Crippen molar-refractivity contribution in [2.75, 3.05) is 18.4 Å². The molecule has 1 heterocycles. The first-order chi connectivity index (χ1) is 12.8. The lowest BCUT2D eigenvalue weighted by atomic mass is 9.99. The van der Waals surface area contributed by atoms with E-state index >= 15 is 0 Å². The number of benzene rings is 2. The Morgan fingerprint density at radius 3 is 2.59 bits per heavy atom. The monoisotopic (exact) mass is 406 g/mol. The third-order valence-electron chi connectivity index (χ3n) is 4.86. The number of carbonyl (C=O) groups excluding carboxylic acids is 1. The highest BCUT2D eigenvalue weighted by atomic mass is 35.5. The SMILES string of the molecule is Cc1ccccc1CS(=O)(=O)N1CCCC(C(=O)Nc2ccc(Cl)cc2)C1. The van der Waals surface area contributed by atoms with Crippen molar-refractivity contribution in [3.8, 4) is 0 Å². The molecule has 144 valence electrons. The summed E-state index contributed by atoms with van der Waals surface area (Å²) in [4.78, 5) is 12.6. The molecule has 1 atom stereocenters. The molecule has 0 radical (unpaired) electrons. The highest BCUT2D eigenvalue weighted by Gasteiger charge is 2.32. The van der Waals surface area contributed by atoms with Crippen LogP contribution in [0.25, 0.3) is 0 Å². The molecule has 0 saturated carbocycles. The third-order valence-corrected chi connectivity index (χ3v) is 6.91. The second kappa shape index (κ2) is 8.42. The molecule has 5 nitrogen and oxygen atoms in total. The van der Waals surface area contributed by atoms with Crippen molar-refractivity contribution in [2.24, 2.45) is 5.92 Å². The van der Waals surface area contributed by atoms with Gasteiger partial charge in [0.2, 0.25) is 15.9 Å². The Bertz CT molecular complexity index is 913. The van der Waals surface area contributed by atoms with E-state index in [4.69, 9.17) is 11.6 Å². The van der Waals surface area contributed by atoms with Gasteiger partial charge in [0.25, 0.3) is 0 Å². The summed E-state index contributed by atoms with van der Waals surface area (Å²) < 4.78 is 27.2. The van der Waals surface area contributed by atoms with Crippen LogP contribution < -0.4 is 5.32 Å². The molecule has 2 aromatic rings. The van der Waals surface area contributed by atoms with Gasteiger partial charge in [-0.2, -0.15) is 0 Å². The number of carbonyl (C=O) groups is 1. The largest absolute Gasteiger partial charge is 0.326 e. The molecule has 1 amide bonds. The number of nitrogens with one attached hydrogen (secondary N) is 1. The molecule has 27 heavy (non-hydrogen) atoms. The molecule has 7 heteroatoms. The minimum absolute atomic E-state index is 0.0365. The lowest BCUT2D eigenvalue weighted by molar-refractivity contribution is -0.120. The topological polar surface area (TPSA) is 66.5 Å². The molecular formula is C20H23ClN2O3S. The van der Waals surface area contributed by atoms with E-state index in [0.717, 1.165) is 11.1 Å². The summed E-state index contributed by atoms with van der Waals surface area (Å²) in [7, 11) is -3.47. The molecule has 0 spiro atoms. The Hall–Kier alpha value is -1.89. The molecule has 3 rings (SSSR count). The van der Waals surface area contributed by atoms with E-state index in [1.807, 2.05) is 31.2 Å². The van der Waals surface area contributed by atoms with Crippen molar-refractivity contribution in [2.45, 2.75) is 25.5 Å². The zero-order valence-electron chi connectivity index (χ0n) is 15.2. The predicted octanol–water partition coefficient (Wildman–Crippen LogP) is 3.83. The smallest absolute Gasteiger partial charge is 0.228 e. The molecule has 2 aromatic carbocycles. The first-order valence-corrected chi connectivity index (χ1v) is 10.9. The van der Waals surface area contributed by atoms with E-state index in [1.165, 1.54) is 4.31 Å². The van der Waals surface area contributed by atoms with Crippen molar-refractivity contribution in [3.63, 3.8) is 0 Å². The zero-order valence-corrected chi connectivity index (χ0v) is 16.8. The molecule has 1 fully saturated rings. The van der Waals surface area contributed by atoms with E-state index in [2.05, 4.69) is 5.32 Å². The van der Waals surface area contributed by atoms with Crippen LogP contribution in [0, 0.1) is 12.8 Å². The van der Waals surface area contributed by atoms with E-state index in [0.29, 0.717) is 30.1 Å². The van der Waals surface area contributed by atoms with Gasteiger partial charge in [-0.15, -0.1) is 0 Å². The quantitative estimate of drug-likeness (QED) is 0.820. The van der Waals surface area contributed by atoms with Gasteiger partial charge in [-0.05, 0) is 55.2 Å². The number of hydrogen-bond donors (Lipinski definition) is 1. The van der Waals surface area contributed by atoms with Crippen molar-refractivity contribution in [1.82, 2.24) is 4.31 Å². The number of anilines is 1. The maximum Gasteiger partial charge on any atom is 0.228 e. The maximum absolute atomic E-state index is 12.9. The van der Waals surface area contributed by atoms with E-state index in [1.54, 1.807) is 24.3 Å². The molecule has 1 aliphatic heterocycles. The van der Waals surface area contributed by atoms with Crippen molar-refractivity contribution < 1.29 is 13.2 Å². The van der Waals surface area contributed by atoms with Crippen LogP contribution in [0.4, 0.5) is 5.69 Å². The summed E-state index contributed by atoms with van der Waals surface area (Å²) in [6.45, 7) is 2.58. The highest BCUT2D eigenvalue weighted by molar-refractivity contribution is 7.88. The molecule has 0 bridgehead atoms. The van der Waals surface area contributed by atoms with Crippen LogP contribution in [0.15, 0.2) is 48.5 Å². The normalized spacial score (nSPS) is 18.2. The van der Waals surface area contributed by atoms with Gasteiger partial charge in [0.05, 0.1) is 11.7 Å². The Balaban J connectivity index is 1.66. The Labute approximate surface area is 165 Å². The summed E-state index contributed by atoms with van der Waals surface area (Å²) in [6.07, 6.45) is 1.35. The number of halogens is 1. The first kappa shape index (κ1) is 19.9. The number of hydrogen-bond acceptors (Lipinski definition) is 3. The highest BCUT2D eigenvalue weighted by Crippen LogP contribution is 2.24. The van der Waals surface area contributed by atoms with Crippen LogP contribution in [-0.2, 0) is 20.6 Å². The van der Waals surface area contributed by atoms with Gasteiger partial charge in [-0.25, -0.2) is 12.7 Å². The summed E-state index contributed by atoms with van der Waals surface area (Å²) >= 11 is 5.86. The fourth-order valence-electron chi connectivity index (χ4n) is 3.25. The molecule has 1 N–H and O–H groups in total. The van der Waals surface area contributed by atoms with Crippen LogP contribution in [-0.4, -0.2) is 31.7 Å². The van der Waals surface area contributed by atoms with Crippen LogP contribution in [0.3, 0.4) is 0 Å². The summed E-state index contributed by atoms with van der Waals surface area (Å²) in [5.74, 6) is -0.556. The number of rotatable bonds is 5. The number of sulfonamides is 1. The minimum atomic E-state index is -3.47. The van der Waals surface area contributed by atoms with Crippen molar-refractivity contribution in [1.29, 1.82) is 0 Å². The van der Waals surface area contributed by atoms with Crippen LogP contribution in [0.1, 0.15) is 24.0 Å². The van der Waals surface area contributed by atoms with Gasteiger partial charge in [-0.3, -0.25) is 4.79 Å². The minimum Gasteiger partial charge on any atom is -0.326 e. The van der Waals surface area contributed by atoms with E-state index < -0.39 is 10.0 Å². The summed E-state index contributed by atoms with van der Waals surface area (Å²) in [5, 5.41) is 3.45. The Morgan fingerprint density at radius 1 is 1.19 bits per heavy atom. The second-order valence-electron chi connectivity index (χ2n) is 6.88. The van der Waals surface area contributed by atoms with Gasteiger partial charge < -0.3 is 5.32 Å². The van der Waals surface area contributed by atoms with Crippen molar-refractivity contribution in [3.05, 3.63) is 64.7 Å². The van der Waals surface area contributed by atoms with E-state index in [9.17, 15) is 13.2 Å². The fourth-order valence-corrected chi connectivity index (χ4v) is 5.09. The van der Waals surface area contributed by atoms with Crippen LogP contribution in [0.2, 0.25) is 5.02 Å². The summed E-state index contributed by atoms with van der Waals surface area (Å²) in [5.41, 5.74) is 2.41. The molecular weight excluding hydrogens is 384 g/mol. The lowest BCUT2D eigenvalue weighted by Gasteiger charge is -2.31.